The monoisotopic (exact) mass is 281 g/mol. The fourth-order valence-electron chi connectivity index (χ4n) is 1.54. The highest BCUT2D eigenvalue weighted by Crippen LogP contribution is 2.13. The van der Waals surface area contributed by atoms with Crippen LogP contribution in [0, 0.1) is 0 Å². The summed E-state index contributed by atoms with van der Waals surface area (Å²) in [5, 5.41) is 12.9. The van der Waals surface area contributed by atoms with Crippen LogP contribution in [-0.2, 0) is 16.1 Å². The molecule has 0 saturated carbocycles. The van der Waals surface area contributed by atoms with Crippen molar-refractivity contribution in [3.05, 3.63) is 28.1 Å². The van der Waals surface area contributed by atoms with E-state index in [1.807, 2.05) is 0 Å². The van der Waals surface area contributed by atoms with E-state index in [1.54, 1.807) is 11.4 Å². The minimum absolute atomic E-state index is 0.0323. The third-order valence-electron chi connectivity index (χ3n) is 2.47. The van der Waals surface area contributed by atoms with Crippen molar-refractivity contribution in [2.45, 2.75) is 13.0 Å². The lowest BCUT2D eigenvalue weighted by Gasteiger charge is -2.05. The fraction of sp³-hybridized carbons (Fsp3) is 0.273. The molecule has 0 fully saturated rings. The molecule has 8 heteroatoms. The second kappa shape index (κ2) is 5.61. The summed E-state index contributed by atoms with van der Waals surface area (Å²) in [6.45, 7) is -0.251. The van der Waals surface area contributed by atoms with Gasteiger partial charge in [-0.2, -0.15) is 0 Å². The molecular weight excluding hydrogens is 270 g/mol. The summed E-state index contributed by atoms with van der Waals surface area (Å²) in [6, 6.07) is 1.69. The summed E-state index contributed by atoms with van der Waals surface area (Å²) in [4.78, 5) is 38.4. The van der Waals surface area contributed by atoms with Crippen LogP contribution >= 0.6 is 11.3 Å². The summed E-state index contributed by atoms with van der Waals surface area (Å²) < 4.78 is 1.34. The van der Waals surface area contributed by atoms with Gasteiger partial charge in [0.15, 0.2) is 0 Å². The number of aryl methyl sites for hydroxylation is 1. The number of aromatic nitrogens is 2. The second-order valence-electron chi connectivity index (χ2n) is 3.80. The largest absolute Gasteiger partial charge is 0.480 e. The number of hydrogen-bond acceptors (Lipinski definition) is 5. The third kappa shape index (κ3) is 3.16. The molecule has 0 aliphatic heterocycles. The Balaban J connectivity index is 2.02. The summed E-state index contributed by atoms with van der Waals surface area (Å²) in [6.07, 6.45) is 1.43. The van der Waals surface area contributed by atoms with Crippen LogP contribution in [0.5, 0.6) is 0 Å². The van der Waals surface area contributed by atoms with Crippen LogP contribution in [0.2, 0.25) is 0 Å². The maximum absolute atomic E-state index is 12.0. The number of hydrogen-bond donors (Lipinski definition) is 2. The van der Waals surface area contributed by atoms with E-state index in [-0.39, 0.29) is 18.5 Å². The van der Waals surface area contributed by atoms with Crippen molar-refractivity contribution >= 4 is 33.4 Å². The smallest absolute Gasteiger partial charge is 0.322 e. The van der Waals surface area contributed by atoms with Crippen LogP contribution in [0.15, 0.2) is 22.6 Å². The van der Waals surface area contributed by atoms with Crippen molar-refractivity contribution in [2.24, 2.45) is 0 Å². The number of thiophene rings is 1. The maximum Gasteiger partial charge on any atom is 0.322 e. The van der Waals surface area contributed by atoms with Crippen LogP contribution in [0.3, 0.4) is 0 Å². The first-order valence-corrected chi connectivity index (χ1v) is 6.37. The average Bonchev–Trinajstić information content (AvgIpc) is 2.84. The lowest BCUT2D eigenvalue weighted by atomic mass is 10.3. The van der Waals surface area contributed by atoms with Crippen molar-refractivity contribution in [3.63, 3.8) is 0 Å². The number of carboxylic acid groups (broad SMARTS) is 1. The molecule has 19 heavy (non-hydrogen) atoms. The Morgan fingerprint density at radius 2 is 2.26 bits per heavy atom. The first kappa shape index (κ1) is 13.2. The minimum Gasteiger partial charge on any atom is -0.480 e. The van der Waals surface area contributed by atoms with Crippen LogP contribution in [0.4, 0.5) is 0 Å². The van der Waals surface area contributed by atoms with Crippen molar-refractivity contribution in [2.75, 3.05) is 6.54 Å². The summed E-state index contributed by atoms with van der Waals surface area (Å²) in [5.41, 5.74) is -0.197. The molecule has 0 unspecified atom stereocenters. The Labute approximate surface area is 111 Å². The molecule has 0 aliphatic carbocycles. The number of carbonyl (C=O) groups is 2. The molecular formula is C11H11N3O4S. The molecule has 1 amide bonds. The Hall–Kier alpha value is -2.22. The van der Waals surface area contributed by atoms with E-state index < -0.39 is 18.4 Å². The number of aliphatic carboxylic acids is 1. The van der Waals surface area contributed by atoms with Crippen molar-refractivity contribution in [1.29, 1.82) is 0 Å². The second-order valence-corrected chi connectivity index (χ2v) is 4.70. The predicted molar refractivity (Wildman–Crippen MR) is 69.1 cm³/mol. The molecule has 0 aliphatic rings. The van der Waals surface area contributed by atoms with Gasteiger partial charge in [0.2, 0.25) is 5.91 Å². The van der Waals surface area contributed by atoms with E-state index in [0.717, 1.165) is 0 Å². The highest BCUT2D eigenvalue weighted by Gasteiger charge is 2.08. The molecule has 0 saturated heterocycles. The van der Waals surface area contributed by atoms with E-state index in [1.165, 1.54) is 22.2 Å². The van der Waals surface area contributed by atoms with Crippen LogP contribution < -0.4 is 10.9 Å². The van der Waals surface area contributed by atoms with E-state index in [2.05, 4.69) is 10.3 Å². The van der Waals surface area contributed by atoms with Gasteiger partial charge in [-0.15, -0.1) is 11.3 Å². The molecule has 2 N–H and O–H groups in total. The predicted octanol–water partition coefficient (Wildman–Crippen LogP) is 0.0489. The lowest BCUT2D eigenvalue weighted by Crippen LogP contribution is -2.31. The molecule has 2 heterocycles. The van der Waals surface area contributed by atoms with Gasteiger partial charge < -0.3 is 10.4 Å². The highest BCUT2D eigenvalue weighted by atomic mass is 32.1. The zero-order valence-corrected chi connectivity index (χ0v) is 10.6. The van der Waals surface area contributed by atoms with Crippen molar-refractivity contribution in [3.8, 4) is 0 Å². The van der Waals surface area contributed by atoms with Gasteiger partial charge in [-0.25, -0.2) is 4.98 Å². The lowest BCUT2D eigenvalue weighted by molar-refractivity contribution is -0.137. The van der Waals surface area contributed by atoms with Gasteiger partial charge in [0.05, 0.1) is 11.7 Å². The molecule has 0 radical (unpaired) electrons. The van der Waals surface area contributed by atoms with Gasteiger partial charge >= 0.3 is 5.97 Å². The Kier molecular flexibility index (Phi) is 3.91. The van der Waals surface area contributed by atoms with Gasteiger partial charge in [-0.1, -0.05) is 0 Å². The Bertz CT molecular complexity index is 676. The molecule has 0 bridgehead atoms. The van der Waals surface area contributed by atoms with Crippen molar-refractivity contribution < 1.29 is 14.7 Å². The van der Waals surface area contributed by atoms with E-state index in [0.29, 0.717) is 10.2 Å². The molecule has 100 valence electrons. The summed E-state index contributed by atoms with van der Waals surface area (Å²) >= 11 is 1.38. The molecule has 7 nitrogen and oxygen atoms in total. The number of rotatable bonds is 5. The SMILES string of the molecule is O=C(O)CNC(=O)CCn1cnc2sccc2c1=O. The normalized spacial score (nSPS) is 10.5. The van der Waals surface area contributed by atoms with Crippen LogP contribution in [-0.4, -0.2) is 33.1 Å². The van der Waals surface area contributed by atoms with Gasteiger partial charge in [0.25, 0.3) is 5.56 Å². The molecule has 0 atom stereocenters. The van der Waals surface area contributed by atoms with E-state index in [4.69, 9.17) is 5.11 Å². The zero-order chi connectivity index (χ0) is 13.8. The quantitative estimate of drug-likeness (QED) is 0.806. The third-order valence-corrected chi connectivity index (χ3v) is 3.29. The standard InChI is InChI=1S/C11H11N3O4S/c15-8(12-5-9(16)17)1-3-14-6-13-10-7(11(14)18)2-4-19-10/h2,4,6H,1,3,5H2,(H,12,15)(H,16,17). The Morgan fingerprint density at radius 1 is 1.47 bits per heavy atom. The van der Waals surface area contributed by atoms with Gasteiger partial charge in [-0.3, -0.25) is 19.0 Å². The molecule has 2 aromatic rings. The first-order valence-electron chi connectivity index (χ1n) is 5.49. The maximum atomic E-state index is 12.0. The minimum atomic E-state index is -1.10. The zero-order valence-electron chi connectivity index (χ0n) is 9.83. The average molecular weight is 281 g/mol. The number of fused-ring (bicyclic) bond motifs is 1. The van der Waals surface area contributed by atoms with Crippen LogP contribution in [0.25, 0.3) is 10.2 Å². The fourth-order valence-corrected chi connectivity index (χ4v) is 2.26. The molecule has 2 aromatic heterocycles. The van der Waals surface area contributed by atoms with Crippen LogP contribution in [0.1, 0.15) is 6.42 Å². The van der Waals surface area contributed by atoms with E-state index >= 15 is 0 Å². The molecule has 2 rings (SSSR count). The number of carboxylic acids is 1. The van der Waals surface area contributed by atoms with Gasteiger partial charge in [0.1, 0.15) is 11.4 Å². The number of carbonyl (C=O) groups excluding carboxylic acids is 1. The summed E-state index contributed by atoms with van der Waals surface area (Å²) in [5.74, 6) is -1.52. The summed E-state index contributed by atoms with van der Waals surface area (Å²) in [7, 11) is 0. The van der Waals surface area contributed by atoms with Crippen molar-refractivity contribution in [1.82, 2.24) is 14.9 Å². The Morgan fingerprint density at radius 3 is 3.00 bits per heavy atom. The first-order chi connectivity index (χ1) is 9.08. The number of nitrogens with zero attached hydrogens (tertiary/aromatic N) is 2. The van der Waals surface area contributed by atoms with Gasteiger partial charge in [-0.05, 0) is 11.4 Å². The molecule has 0 spiro atoms. The number of amides is 1. The topological polar surface area (TPSA) is 101 Å². The molecule has 0 aromatic carbocycles. The highest BCUT2D eigenvalue weighted by molar-refractivity contribution is 7.16. The number of nitrogens with one attached hydrogen (secondary N) is 1. The van der Waals surface area contributed by atoms with E-state index in [9.17, 15) is 14.4 Å². The van der Waals surface area contributed by atoms with Gasteiger partial charge in [0, 0.05) is 13.0 Å².